The number of allylic oxidation sites excluding steroid dienone is 3. The molecule has 0 saturated carbocycles. The Morgan fingerprint density at radius 1 is 0.478 bits per heavy atom. The fourth-order valence-corrected chi connectivity index (χ4v) is 8.11. The van der Waals surface area contributed by atoms with Crippen LogP contribution in [0.1, 0.15) is 12.8 Å². The molecule has 1 aromatic heterocycles. The second kappa shape index (κ2) is 9.88. The highest BCUT2D eigenvalue weighted by atomic mass is 15.2. The summed E-state index contributed by atoms with van der Waals surface area (Å²) in [6.07, 6.45) is 9.15. The smallest absolute Gasteiger partial charge is 0.252 e. The van der Waals surface area contributed by atoms with Crippen LogP contribution in [-0.2, 0) is 0 Å². The highest BCUT2D eigenvalue weighted by Gasteiger charge is 2.43. The van der Waals surface area contributed by atoms with E-state index in [1.807, 2.05) is 0 Å². The molecule has 0 N–H and O–H groups in total. The van der Waals surface area contributed by atoms with Crippen LogP contribution in [0.25, 0.3) is 27.5 Å². The van der Waals surface area contributed by atoms with Gasteiger partial charge in [0.1, 0.15) is 0 Å². The lowest BCUT2D eigenvalue weighted by Gasteiger charge is -2.44. The van der Waals surface area contributed by atoms with Crippen LogP contribution >= 0.6 is 0 Å². The van der Waals surface area contributed by atoms with Crippen molar-refractivity contribution in [2.24, 2.45) is 0 Å². The number of fused-ring (bicyclic) bond motifs is 7. The summed E-state index contributed by atoms with van der Waals surface area (Å²) in [5.74, 6) is 0. The minimum atomic E-state index is 0.152. The molecule has 3 heterocycles. The molecule has 0 unspecified atom stereocenters. The fraction of sp³-hybridized carbons (Fsp3) is 0.0476. The Balaban J connectivity index is 1.25. The Morgan fingerprint density at radius 3 is 1.91 bits per heavy atom. The summed E-state index contributed by atoms with van der Waals surface area (Å²) in [6, 6.07) is 51.4. The number of benzene rings is 6. The van der Waals surface area contributed by atoms with Crippen LogP contribution in [-0.4, -0.2) is 11.3 Å². The molecule has 7 aromatic rings. The largest absolute Gasteiger partial charge is 0.312 e. The van der Waals surface area contributed by atoms with E-state index < -0.39 is 0 Å². The first kappa shape index (κ1) is 25.6. The summed E-state index contributed by atoms with van der Waals surface area (Å²) in [5.41, 5.74) is 15.1. The predicted octanol–water partition coefficient (Wildman–Crippen LogP) is 8.77. The van der Waals surface area contributed by atoms with Crippen LogP contribution in [0.2, 0.25) is 0 Å². The number of anilines is 5. The Labute approximate surface area is 269 Å². The number of aromatic nitrogens is 1. The Hall–Kier alpha value is -5.74. The van der Waals surface area contributed by atoms with Gasteiger partial charge in [0.05, 0.1) is 11.0 Å². The second-order valence-corrected chi connectivity index (χ2v) is 12.4. The van der Waals surface area contributed by atoms with Crippen molar-refractivity contribution in [1.82, 2.24) is 4.57 Å². The summed E-state index contributed by atoms with van der Waals surface area (Å²) < 4.78 is 2.41. The number of rotatable bonds is 3. The van der Waals surface area contributed by atoms with Crippen LogP contribution in [0.5, 0.6) is 0 Å². The lowest BCUT2D eigenvalue weighted by molar-refractivity contribution is 0.998. The zero-order valence-corrected chi connectivity index (χ0v) is 25.3. The fourth-order valence-electron chi connectivity index (χ4n) is 8.11. The van der Waals surface area contributed by atoms with Gasteiger partial charge in [-0.3, -0.25) is 0 Å². The SMILES string of the molecule is C1=CC(N2c3ccccc3B3c4ccccc4N(c4ccc5c6ccccc6n(-c6ccccc6)c5c4)c4cccc2c43)=CCC1. The van der Waals surface area contributed by atoms with Crippen LogP contribution in [0, 0.1) is 0 Å². The molecule has 3 nitrogen and oxygen atoms in total. The predicted molar refractivity (Wildman–Crippen MR) is 195 cm³/mol. The van der Waals surface area contributed by atoms with Gasteiger partial charge in [0.15, 0.2) is 0 Å². The van der Waals surface area contributed by atoms with Crippen molar-refractivity contribution in [2.45, 2.75) is 12.8 Å². The minimum absolute atomic E-state index is 0.152. The quantitative estimate of drug-likeness (QED) is 0.192. The van der Waals surface area contributed by atoms with E-state index in [0.29, 0.717) is 0 Å². The first-order valence-electron chi connectivity index (χ1n) is 16.2. The highest BCUT2D eigenvalue weighted by Crippen LogP contribution is 2.44. The van der Waals surface area contributed by atoms with Crippen LogP contribution in [0.4, 0.5) is 28.4 Å². The first-order valence-corrected chi connectivity index (χ1v) is 16.2. The monoisotopic (exact) mass is 587 g/mol. The lowest BCUT2D eigenvalue weighted by atomic mass is 9.33. The van der Waals surface area contributed by atoms with Crippen molar-refractivity contribution < 1.29 is 0 Å². The normalized spacial score (nSPS) is 14.7. The van der Waals surface area contributed by atoms with E-state index in [4.69, 9.17) is 0 Å². The van der Waals surface area contributed by atoms with Gasteiger partial charge < -0.3 is 14.4 Å². The average Bonchev–Trinajstić information content (AvgIpc) is 3.46. The van der Waals surface area contributed by atoms with Crippen molar-refractivity contribution >= 4 is 73.3 Å². The standard InChI is InChI=1S/C42H30BN3/c1-3-14-29(15-4-1)44-36-21-10-7-18-32(36)33-27-26-31(28-41(33)44)46-38-23-12-9-20-35(38)43-34-19-8-11-22-37(34)45(30-16-5-2-6-17-30)39-24-13-25-40(46)42(39)43/h1,3-5,7-28H,2,6H2. The van der Waals surface area contributed by atoms with E-state index in [0.717, 1.165) is 18.5 Å². The third-order valence-electron chi connectivity index (χ3n) is 9.97. The van der Waals surface area contributed by atoms with Crippen LogP contribution in [0.15, 0.2) is 163 Å². The Morgan fingerprint density at radius 2 is 1.13 bits per heavy atom. The molecule has 0 bridgehead atoms. The molecule has 4 heteroatoms. The lowest BCUT2D eigenvalue weighted by Crippen LogP contribution is -2.61. The molecule has 0 atom stereocenters. The van der Waals surface area contributed by atoms with E-state index in [2.05, 4.69) is 172 Å². The maximum absolute atomic E-state index is 2.49. The van der Waals surface area contributed by atoms with Crippen molar-refractivity contribution in [3.63, 3.8) is 0 Å². The molecule has 3 aliphatic rings. The Bertz CT molecular complexity index is 2400. The van der Waals surface area contributed by atoms with Crippen LogP contribution < -0.4 is 26.2 Å². The molecule has 0 fully saturated rings. The number of para-hydroxylation sites is 4. The molecule has 2 aliphatic heterocycles. The molecule has 0 spiro atoms. The summed E-state index contributed by atoms with van der Waals surface area (Å²) in [5, 5.41) is 2.53. The minimum Gasteiger partial charge on any atom is -0.312 e. The molecule has 6 aromatic carbocycles. The van der Waals surface area contributed by atoms with Gasteiger partial charge in [-0.15, -0.1) is 0 Å². The number of hydrogen-bond donors (Lipinski definition) is 0. The summed E-state index contributed by atoms with van der Waals surface area (Å²) in [4.78, 5) is 4.98. The molecule has 0 radical (unpaired) electrons. The van der Waals surface area contributed by atoms with Crippen molar-refractivity contribution in [2.75, 3.05) is 9.80 Å². The van der Waals surface area contributed by atoms with Gasteiger partial charge in [-0.1, -0.05) is 97.1 Å². The molecule has 1 aliphatic carbocycles. The van der Waals surface area contributed by atoms with E-state index in [1.165, 1.54) is 72.3 Å². The van der Waals surface area contributed by atoms with Gasteiger partial charge in [0.2, 0.25) is 0 Å². The van der Waals surface area contributed by atoms with Crippen molar-refractivity contribution in [1.29, 1.82) is 0 Å². The van der Waals surface area contributed by atoms with E-state index in [-0.39, 0.29) is 6.71 Å². The zero-order valence-electron chi connectivity index (χ0n) is 25.3. The van der Waals surface area contributed by atoms with Gasteiger partial charge in [-0.2, -0.15) is 0 Å². The van der Waals surface area contributed by atoms with Crippen molar-refractivity contribution in [3.05, 3.63) is 163 Å². The van der Waals surface area contributed by atoms with Gasteiger partial charge in [0.25, 0.3) is 6.71 Å². The molecular weight excluding hydrogens is 557 g/mol. The van der Waals surface area contributed by atoms with Gasteiger partial charge in [-0.25, -0.2) is 0 Å². The molecular formula is C42H30BN3. The summed E-state index contributed by atoms with van der Waals surface area (Å²) in [6.45, 7) is 0.152. The number of hydrogen-bond acceptors (Lipinski definition) is 2. The molecule has 46 heavy (non-hydrogen) atoms. The Kier molecular flexibility index (Phi) is 5.50. The first-order chi connectivity index (χ1) is 22.9. The summed E-state index contributed by atoms with van der Waals surface area (Å²) >= 11 is 0. The third kappa shape index (κ3) is 3.55. The molecule has 0 amide bonds. The maximum atomic E-state index is 2.49. The zero-order chi connectivity index (χ0) is 30.2. The van der Waals surface area contributed by atoms with Gasteiger partial charge in [-0.05, 0) is 89.9 Å². The molecule has 0 saturated heterocycles. The highest BCUT2D eigenvalue weighted by molar-refractivity contribution is 7.00. The third-order valence-corrected chi connectivity index (χ3v) is 9.97. The van der Waals surface area contributed by atoms with E-state index >= 15 is 0 Å². The van der Waals surface area contributed by atoms with Crippen LogP contribution in [0.3, 0.4) is 0 Å². The molecule has 10 rings (SSSR count). The summed E-state index contributed by atoms with van der Waals surface area (Å²) in [7, 11) is 0. The van der Waals surface area contributed by atoms with Gasteiger partial charge in [0, 0.05) is 50.6 Å². The van der Waals surface area contributed by atoms with Gasteiger partial charge >= 0.3 is 0 Å². The van der Waals surface area contributed by atoms with Crippen molar-refractivity contribution in [3.8, 4) is 5.69 Å². The van der Waals surface area contributed by atoms with E-state index in [9.17, 15) is 0 Å². The van der Waals surface area contributed by atoms with E-state index in [1.54, 1.807) is 0 Å². The number of nitrogens with zero attached hydrogens (tertiary/aromatic N) is 3. The molecule has 216 valence electrons. The average molecular weight is 588 g/mol. The second-order valence-electron chi connectivity index (χ2n) is 12.4. The topological polar surface area (TPSA) is 11.4 Å². The maximum Gasteiger partial charge on any atom is 0.252 e.